The van der Waals surface area contributed by atoms with Crippen molar-refractivity contribution in [3.8, 4) is 0 Å². The van der Waals surface area contributed by atoms with E-state index in [0.29, 0.717) is 5.69 Å². The van der Waals surface area contributed by atoms with Gasteiger partial charge >= 0.3 is 0 Å². The molecule has 0 aliphatic heterocycles. The van der Waals surface area contributed by atoms with Gasteiger partial charge in [-0.25, -0.2) is 0 Å². The van der Waals surface area contributed by atoms with Crippen LogP contribution in [0.15, 0.2) is 24.4 Å². The van der Waals surface area contributed by atoms with Crippen molar-refractivity contribution >= 4 is 17.3 Å². The Morgan fingerprint density at radius 3 is 2.86 bits per heavy atom. The Morgan fingerprint density at radius 2 is 2.29 bits per heavy atom. The third kappa shape index (κ3) is 3.15. The average molecular weight is 290 g/mol. The van der Waals surface area contributed by atoms with Gasteiger partial charge in [-0.2, -0.15) is 5.10 Å². The lowest BCUT2D eigenvalue weighted by Crippen LogP contribution is -2.25. The van der Waals surface area contributed by atoms with Crippen molar-refractivity contribution in [1.29, 1.82) is 0 Å². The van der Waals surface area contributed by atoms with Crippen molar-refractivity contribution in [3.05, 3.63) is 51.3 Å². The van der Waals surface area contributed by atoms with E-state index >= 15 is 0 Å². The smallest absolute Gasteiger partial charge is 0.270 e. The molecule has 5 N–H and O–H groups in total. The van der Waals surface area contributed by atoms with Crippen LogP contribution in [-0.2, 0) is 6.54 Å². The molecule has 0 bridgehead atoms. The van der Waals surface area contributed by atoms with E-state index in [9.17, 15) is 14.9 Å². The number of nitrogens with two attached hydrogens (primary N) is 1. The minimum atomic E-state index is -0.572. The molecule has 0 unspecified atom stereocenters. The van der Waals surface area contributed by atoms with Crippen molar-refractivity contribution in [2.75, 3.05) is 5.43 Å². The lowest BCUT2D eigenvalue weighted by molar-refractivity contribution is -0.384. The zero-order valence-corrected chi connectivity index (χ0v) is 11.2. The number of hydrogen-bond donors (Lipinski definition) is 4. The number of hydrazine groups is 1. The van der Waals surface area contributed by atoms with Crippen LogP contribution in [0.2, 0.25) is 0 Å². The summed E-state index contributed by atoms with van der Waals surface area (Å²) < 4.78 is 0. The second-order valence-electron chi connectivity index (χ2n) is 4.33. The highest BCUT2D eigenvalue weighted by molar-refractivity contribution is 6.00. The summed E-state index contributed by atoms with van der Waals surface area (Å²) in [5, 5.41) is 20.0. The first-order valence-electron chi connectivity index (χ1n) is 6.05. The van der Waals surface area contributed by atoms with Crippen LogP contribution in [0.3, 0.4) is 0 Å². The average Bonchev–Trinajstić information content (AvgIpc) is 2.89. The molecule has 9 heteroatoms. The molecule has 110 valence electrons. The van der Waals surface area contributed by atoms with Gasteiger partial charge in [-0.3, -0.25) is 25.9 Å². The van der Waals surface area contributed by atoms with E-state index in [0.717, 1.165) is 11.3 Å². The number of hydrogen-bond acceptors (Lipinski definition) is 6. The lowest BCUT2D eigenvalue weighted by Gasteiger charge is -2.09. The first-order chi connectivity index (χ1) is 10.0. The molecule has 2 aromatic rings. The lowest BCUT2D eigenvalue weighted by atomic mass is 10.1. The Morgan fingerprint density at radius 1 is 1.52 bits per heavy atom. The van der Waals surface area contributed by atoms with Gasteiger partial charge in [0.15, 0.2) is 0 Å². The van der Waals surface area contributed by atoms with Crippen LogP contribution >= 0.6 is 0 Å². The number of aromatic amines is 1. The van der Waals surface area contributed by atoms with Crippen LogP contribution in [-0.4, -0.2) is 21.0 Å². The van der Waals surface area contributed by atoms with Crippen LogP contribution in [0.1, 0.15) is 21.6 Å². The summed E-state index contributed by atoms with van der Waals surface area (Å²) in [5.74, 6) is 4.85. The SMILES string of the molecule is Cc1[nH]ncc1CNC(=O)c1cc([N+](=O)[O-])ccc1NN. The van der Waals surface area contributed by atoms with Gasteiger partial charge in [0.25, 0.3) is 11.6 Å². The standard InChI is InChI=1S/C12H14N6O3/c1-7-8(6-15-17-7)5-14-12(19)10-4-9(18(20)21)2-3-11(10)16-13/h2-4,6,16H,5,13H2,1H3,(H,14,19)(H,15,17). The maximum absolute atomic E-state index is 12.1. The molecule has 0 atom stereocenters. The van der Waals surface area contributed by atoms with Crippen LogP contribution in [0, 0.1) is 17.0 Å². The van der Waals surface area contributed by atoms with E-state index in [1.54, 1.807) is 6.20 Å². The number of aryl methyl sites for hydroxylation is 1. The van der Waals surface area contributed by atoms with E-state index in [1.165, 1.54) is 18.2 Å². The predicted octanol–water partition coefficient (Wildman–Crippen LogP) is 0.842. The third-order valence-electron chi connectivity index (χ3n) is 2.99. The van der Waals surface area contributed by atoms with E-state index < -0.39 is 10.8 Å². The Balaban J connectivity index is 2.19. The highest BCUT2D eigenvalue weighted by atomic mass is 16.6. The molecule has 0 spiro atoms. The summed E-state index contributed by atoms with van der Waals surface area (Å²) in [5.41, 5.74) is 4.24. The molecule has 0 aliphatic carbocycles. The van der Waals surface area contributed by atoms with Gasteiger partial charge in [-0.05, 0) is 13.0 Å². The zero-order valence-electron chi connectivity index (χ0n) is 11.2. The number of H-pyrrole nitrogens is 1. The number of nitro benzene ring substituents is 1. The normalized spacial score (nSPS) is 10.2. The molecule has 9 nitrogen and oxygen atoms in total. The van der Waals surface area contributed by atoms with Gasteiger partial charge in [0.2, 0.25) is 0 Å². The summed E-state index contributed by atoms with van der Waals surface area (Å²) in [7, 11) is 0. The molecule has 0 saturated heterocycles. The molecule has 0 radical (unpaired) electrons. The van der Waals surface area contributed by atoms with Gasteiger partial charge in [0.05, 0.1) is 22.4 Å². The molecular weight excluding hydrogens is 276 g/mol. The first kappa shape index (κ1) is 14.5. The Bertz CT molecular complexity index is 681. The molecule has 0 aliphatic rings. The highest BCUT2D eigenvalue weighted by Gasteiger charge is 2.16. The largest absolute Gasteiger partial charge is 0.348 e. The summed E-state index contributed by atoms with van der Waals surface area (Å²) in [6.07, 6.45) is 1.60. The molecule has 0 saturated carbocycles. The maximum Gasteiger partial charge on any atom is 0.270 e. The number of non-ortho nitro benzene ring substituents is 1. The van der Waals surface area contributed by atoms with Gasteiger partial charge in [0.1, 0.15) is 0 Å². The van der Waals surface area contributed by atoms with Crippen molar-refractivity contribution in [2.24, 2.45) is 5.84 Å². The van der Waals surface area contributed by atoms with Crippen LogP contribution in [0.4, 0.5) is 11.4 Å². The fourth-order valence-corrected chi connectivity index (χ4v) is 1.78. The number of nitrogen functional groups attached to an aromatic ring is 1. The topological polar surface area (TPSA) is 139 Å². The van der Waals surface area contributed by atoms with E-state index in [4.69, 9.17) is 5.84 Å². The second kappa shape index (κ2) is 6.01. The molecular formula is C12H14N6O3. The van der Waals surface area contributed by atoms with Gasteiger partial charge in [-0.15, -0.1) is 0 Å². The second-order valence-corrected chi connectivity index (χ2v) is 4.33. The zero-order chi connectivity index (χ0) is 15.4. The molecule has 1 aromatic carbocycles. The number of nitrogens with one attached hydrogen (secondary N) is 3. The number of amides is 1. The highest BCUT2D eigenvalue weighted by Crippen LogP contribution is 2.21. The van der Waals surface area contributed by atoms with Crippen molar-refractivity contribution in [1.82, 2.24) is 15.5 Å². The monoisotopic (exact) mass is 290 g/mol. The molecule has 0 fully saturated rings. The van der Waals surface area contributed by atoms with Crippen molar-refractivity contribution < 1.29 is 9.72 Å². The number of carbonyl (C=O) groups excluding carboxylic acids is 1. The summed E-state index contributed by atoms with van der Waals surface area (Å²) in [6.45, 7) is 2.09. The maximum atomic E-state index is 12.1. The molecule has 1 aromatic heterocycles. The van der Waals surface area contributed by atoms with Crippen molar-refractivity contribution in [3.63, 3.8) is 0 Å². The Hall–Kier alpha value is -2.94. The number of nitrogens with zero attached hydrogens (tertiary/aromatic N) is 2. The van der Waals surface area contributed by atoms with E-state index in [-0.39, 0.29) is 17.8 Å². The van der Waals surface area contributed by atoms with Crippen LogP contribution in [0.5, 0.6) is 0 Å². The first-order valence-corrected chi connectivity index (χ1v) is 6.05. The predicted molar refractivity (Wildman–Crippen MR) is 75.4 cm³/mol. The third-order valence-corrected chi connectivity index (χ3v) is 2.99. The molecule has 1 amide bonds. The summed E-state index contributed by atoms with van der Waals surface area (Å²) in [4.78, 5) is 22.3. The van der Waals surface area contributed by atoms with Crippen molar-refractivity contribution in [2.45, 2.75) is 13.5 Å². The Labute approximate surface area is 119 Å². The number of nitro groups is 1. The number of anilines is 1. The minimum Gasteiger partial charge on any atom is -0.348 e. The van der Waals surface area contributed by atoms with E-state index in [2.05, 4.69) is 20.9 Å². The summed E-state index contributed by atoms with van der Waals surface area (Å²) >= 11 is 0. The van der Waals surface area contributed by atoms with Gasteiger partial charge in [0, 0.05) is 29.9 Å². The minimum absolute atomic E-state index is 0.104. The van der Waals surface area contributed by atoms with E-state index in [1.807, 2.05) is 6.92 Å². The molecule has 2 rings (SSSR count). The fourth-order valence-electron chi connectivity index (χ4n) is 1.78. The number of aromatic nitrogens is 2. The van der Waals surface area contributed by atoms with Crippen LogP contribution < -0.4 is 16.6 Å². The number of carbonyl (C=O) groups is 1. The van der Waals surface area contributed by atoms with Gasteiger partial charge < -0.3 is 10.7 Å². The fraction of sp³-hybridized carbons (Fsp3) is 0.167. The molecule has 21 heavy (non-hydrogen) atoms. The van der Waals surface area contributed by atoms with Gasteiger partial charge in [-0.1, -0.05) is 0 Å². The van der Waals surface area contributed by atoms with Crippen LogP contribution in [0.25, 0.3) is 0 Å². The number of benzene rings is 1. The molecule has 1 heterocycles. The number of rotatable bonds is 5. The quantitative estimate of drug-likeness (QED) is 0.365. The summed E-state index contributed by atoms with van der Waals surface area (Å²) in [6, 6.07) is 3.83. The Kier molecular flexibility index (Phi) is 4.14.